The van der Waals surface area contributed by atoms with Gasteiger partial charge < -0.3 is 10.3 Å². The van der Waals surface area contributed by atoms with Crippen molar-refractivity contribution < 1.29 is 4.79 Å². The Morgan fingerprint density at radius 2 is 2.20 bits per heavy atom. The third-order valence-corrected chi connectivity index (χ3v) is 5.47. The number of likely N-dealkylation sites (N-methyl/N-ethyl adjacent to an activating group) is 1. The smallest absolute Gasteiger partial charge is 0.161 e. The Hall–Kier alpha value is -1.50. The highest BCUT2D eigenvalue weighted by molar-refractivity contribution is 9.11. The van der Waals surface area contributed by atoms with Crippen molar-refractivity contribution in [2.24, 2.45) is 0 Å². The Morgan fingerprint density at radius 3 is 2.80 bits per heavy atom. The van der Waals surface area contributed by atoms with Crippen LogP contribution in [0.2, 0.25) is 0 Å². The van der Waals surface area contributed by atoms with Crippen molar-refractivity contribution in [2.75, 3.05) is 7.05 Å². The van der Waals surface area contributed by atoms with E-state index in [0.717, 1.165) is 16.6 Å². The Bertz CT molecular complexity index is 784. The van der Waals surface area contributed by atoms with Crippen molar-refractivity contribution in [1.29, 1.82) is 0 Å². The number of unbranched alkanes of at least 4 members (excludes halogenated alkanes) is 1. The van der Waals surface area contributed by atoms with Crippen LogP contribution in [-0.4, -0.2) is 29.3 Å². The molecular formula is C19H24BrN3OS. The average molecular weight is 422 g/mol. The molecule has 0 aliphatic heterocycles. The summed E-state index contributed by atoms with van der Waals surface area (Å²) in [6, 6.07) is 9.12. The fraction of sp³-hybridized carbons (Fsp3) is 0.368. The van der Waals surface area contributed by atoms with Crippen LogP contribution in [0.4, 0.5) is 0 Å². The van der Waals surface area contributed by atoms with E-state index in [1.807, 2.05) is 0 Å². The molecule has 0 bridgehead atoms. The summed E-state index contributed by atoms with van der Waals surface area (Å²) in [5.74, 6) is 0. The molecule has 1 unspecified atom stereocenters. The zero-order valence-corrected chi connectivity index (χ0v) is 17.0. The number of nitrogens with one attached hydrogen (secondary N) is 2. The van der Waals surface area contributed by atoms with E-state index in [4.69, 9.17) is 0 Å². The molecule has 0 aliphatic carbocycles. The Morgan fingerprint density at radius 1 is 1.40 bits per heavy atom. The summed E-state index contributed by atoms with van der Waals surface area (Å²) in [5, 5.41) is 4.79. The maximum Gasteiger partial charge on any atom is 0.161 e. The van der Waals surface area contributed by atoms with Crippen molar-refractivity contribution in [3.63, 3.8) is 0 Å². The number of carbonyl (C=O) groups is 1. The molecule has 2 heterocycles. The average Bonchev–Trinajstić information content (AvgIpc) is 3.25. The Kier molecular flexibility index (Phi) is 8.31. The fourth-order valence-electron chi connectivity index (χ4n) is 2.68. The van der Waals surface area contributed by atoms with Crippen LogP contribution in [0.25, 0.3) is 10.9 Å². The number of para-hydroxylation sites is 1. The van der Waals surface area contributed by atoms with E-state index in [2.05, 4.69) is 75.6 Å². The zero-order valence-electron chi connectivity index (χ0n) is 14.6. The Labute approximate surface area is 161 Å². The fourth-order valence-corrected chi connectivity index (χ4v) is 3.80. The largest absolute Gasteiger partial charge is 0.361 e. The number of carbonyl (C=O) groups excluding carboxylic acids is 1. The number of H-pyrrole nitrogens is 1. The molecule has 3 rings (SSSR count). The lowest BCUT2D eigenvalue weighted by Crippen LogP contribution is -2.27. The van der Waals surface area contributed by atoms with Crippen LogP contribution in [-0.2, 0) is 6.42 Å². The third-order valence-electron chi connectivity index (χ3n) is 4.07. The number of benzene rings is 1. The monoisotopic (exact) mass is 421 g/mol. The highest BCUT2D eigenvalue weighted by Gasteiger charge is 2.10. The Balaban J connectivity index is 0.000000236. The molecule has 0 amide bonds. The molecule has 2 N–H and O–H groups in total. The minimum atomic E-state index is 0.592. The van der Waals surface area contributed by atoms with Crippen LogP contribution in [0, 0.1) is 0 Å². The summed E-state index contributed by atoms with van der Waals surface area (Å²) < 4.78 is 0.750. The predicted octanol–water partition coefficient (Wildman–Crippen LogP) is 5.21. The molecule has 0 saturated carbocycles. The minimum Gasteiger partial charge on any atom is -0.361 e. The van der Waals surface area contributed by atoms with E-state index in [0.29, 0.717) is 10.9 Å². The quantitative estimate of drug-likeness (QED) is 0.514. The van der Waals surface area contributed by atoms with Crippen molar-refractivity contribution in [1.82, 2.24) is 15.3 Å². The molecule has 1 atom stereocenters. The van der Waals surface area contributed by atoms with E-state index < -0.39 is 0 Å². The van der Waals surface area contributed by atoms with Crippen LogP contribution >= 0.6 is 27.3 Å². The van der Waals surface area contributed by atoms with Crippen LogP contribution in [0.1, 0.15) is 41.4 Å². The molecule has 0 radical (unpaired) electrons. The number of hydrogen-bond acceptors (Lipinski definition) is 4. The molecule has 0 saturated heterocycles. The number of thiazole rings is 1. The highest BCUT2D eigenvalue weighted by Crippen LogP contribution is 2.20. The summed E-state index contributed by atoms with van der Waals surface area (Å²) >= 11 is 4.45. The number of halogens is 1. The number of aromatic nitrogens is 2. The molecule has 0 aliphatic rings. The molecule has 0 spiro atoms. The van der Waals surface area contributed by atoms with E-state index in [1.54, 1.807) is 0 Å². The van der Waals surface area contributed by atoms with Gasteiger partial charge in [-0.3, -0.25) is 4.79 Å². The number of nitrogens with zero attached hydrogens (tertiary/aromatic N) is 1. The predicted molar refractivity (Wildman–Crippen MR) is 110 cm³/mol. The summed E-state index contributed by atoms with van der Waals surface area (Å²) in [4.78, 5) is 17.8. The van der Waals surface area contributed by atoms with Gasteiger partial charge in [0.2, 0.25) is 0 Å². The first kappa shape index (κ1) is 19.8. The maximum atomic E-state index is 9.97. The number of aldehydes is 1. The van der Waals surface area contributed by atoms with Gasteiger partial charge in [0.1, 0.15) is 0 Å². The minimum absolute atomic E-state index is 0.592. The lowest BCUT2D eigenvalue weighted by molar-refractivity contribution is 0.112. The molecule has 25 heavy (non-hydrogen) atoms. The SMILES string of the molecule is CCCCC(Cc1c[nH]c2ccccc12)NC.O=Cc1cnc(Br)s1. The molecule has 6 heteroatoms. The lowest BCUT2D eigenvalue weighted by atomic mass is 10.0. The van der Waals surface area contributed by atoms with E-state index in [1.165, 1.54) is 53.3 Å². The van der Waals surface area contributed by atoms with Crippen molar-refractivity contribution >= 4 is 44.5 Å². The van der Waals surface area contributed by atoms with Crippen LogP contribution in [0.3, 0.4) is 0 Å². The second-order valence-corrected chi connectivity index (χ2v) is 8.16. The topological polar surface area (TPSA) is 57.8 Å². The van der Waals surface area contributed by atoms with Crippen molar-refractivity contribution in [2.45, 2.75) is 38.6 Å². The molecule has 3 aromatic rings. The summed E-state index contributed by atoms with van der Waals surface area (Å²) in [6.07, 6.45) is 9.40. The molecule has 0 fully saturated rings. The van der Waals surface area contributed by atoms with Gasteiger partial charge in [-0.15, -0.1) is 11.3 Å². The van der Waals surface area contributed by atoms with Gasteiger partial charge in [0, 0.05) is 29.3 Å². The van der Waals surface area contributed by atoms with E-state index in [9.17, 15) is 4.79 Å². The summed E-state index contributed by atoms with van der Waals surface area (Å²) in [7, 11) is 2.06. The van der Waals surface area contributed by atoms with Gasteiger partial charge in [0.05, 0.1) is 4.88 Å². The lowest BCUT2D eigenvalue weighted by Gasteiger charge is -2.15. The highest BCUT2D eigenvalue weighted by atomic mass is 79.9. The van der Waals surface area contributed by atoms with Gasteiger partial charge in [-0.05, 0) is 47.4 Å². The van der Waals surface area contributed by atoms with Crippen molar-refractivity contribution in [3.05, 3.63) is 51.0 Å². The normalized spacial score (nSPS) is 11.8. The third kappa shape index (κ3) is 6.06. The van der Waals surface area contributed by atoms with Gasteiger partial charge in [-0.1, -0.05) is 38.0 Å². The second-order valence-electron chi connectivity index (χ2n) is 5.82. The molecular weight excluding hydrogens is 398 g/mol. The van der Waals surface area contributed by atoms with Gasteiger partial charge in [0.15, 0.2) is 10.2 Å². The molecule has 1 aromatic carbocycles. The zero-order chi connectivity index (χ0) is 18.1. The first-order valence-electron chi connectivity index (χ1n) is 8.46. The molecule has 4 nitrogen and oxygen atoms in total. The number of fused-ring (bicyclic) bond motifs is 1. The second kappa shape index (κ2) is 10.5. The number of aromatic amines is 1. The first-order chi connectivity index (χ1) is 12.2. The van der Waals surface area contributed by atoms with Crippen molar-refractivity contribution in [3.8, 4) is 0 Å². The van der Waals surface area contributed by atoms with E-state index >= 15 is 0 Å². The summed E-state index contributed by atoms with van der Waals surface area (Å²) in [5.41, 5.74) is 2.67. The van der Waals surface area contributed by atoms with Gasteiger partial charge in [0.25, 0.3) is 0 Å². The van der Waals surface area contributed by atoms with Gasteiger partial charge >= 0.3 is 0 Å². The van der Waals surface area contributed by atoms with Crippen LogP contribution < -0.4 is 5.32 Å². The first-order valence-corrected chi connectivity index (χ1v) is 10.1. The molecule has 2 aromatic heterocycles. The van der Waals surface area contributed by atoms with Gasteiger partial charge in [-0.2, -0.15) is 0 Å². The number of hydrogen-bond donors (Lipinski definition) is 2. The number of rotatable bonds is 7. The summed E-state index contributed by atoms with van der Waals surface area (Å²) in [6.45, 7) is 2.25. The maximum absolute atomic E-state index is 9.97. The van der Waals surface area contributed by atoms with Crippen LogP contribution in [0.15, 0.2) is 40.6 Å². The van der Waals surface area contributed by atoms with Crippen LogP contribution in [0.5, 0.6) is 0 Å². The van der Waals surface area contributed by atoms with Gasteiger partial charge in [-0.25, -0.2) is 4.98 Å². The van der Waals surface area contributed by atoms with E-state index in [-0.39, 0.29) is 0 Å². The molecule has 134 valence electrons. The standard InChI is InChI=1S/C15H22N2.C4H2BrNOS/c1-3-4-7-13(16-2)10-12-11-17-15-9-6-5-8-14(12)15;5-4-6-1-3(2-7)8-4/h5-6,8-9,11,13,16-17H,3-4,7,10H2,1-2H3;1-2H.